The Morgan fingerprint density at radius 3 is 2.81 bits per heavy atom. The molecule has 4 rings (SSSR count). The van der Waals surface area contributed by atoms with Crippen LogP contribution in [0.15, 0.2) is 35.2 Å². The third-order valence-corrected chi connectivity index (χ3v) is 5.29. The van der Waals surface area contributed by atoms with Crippen molar-refractivity contribution in [1.82, 2.24) is 20.4 Å². The van der Waals surface area contributed by atoms with E-state index in [1.165, 1.54) is 6.39 Å². The number of urea groups is 1. The number of hydrogen-bond donors (Lipinski definition) is 1. The number of hydrogen-bond acceptors (Lipinski definition) is 5. The van der Waals surface area contributed by atoms with Gasteiger partial charge in [-0.05, 0) is 37.5 Å². The maximum Gasteiger partial charge on any atom is 0.317 e. The molecule has 2 fully saturated rings. The SMILES string of the molecule is Cc1cccc(N2CC(NC(=O)N3CCC(c4ncon4)CC3)CC2=O)c1. The molecule has 2 aliphatic rings. The Morgan fingerprint density at radius 1 is 1.30 bits per heavy atom. The number of anilines is 1. The van der Waals surface area contributed by atoms with Gasteiger partial charge < -0.3 is 19.6 Å². The minimum atomic E-state index is -0.166. The van der Waals surface area contributed by atoms with Crippen LogP contribution in [0.25, 0.3) is 0 Å². The standard InChI is InChI=1S/C19H23N5O3/c1-13-3-2-4-16(9-13)24-11-15(10-17(24)25)21-19(26)23-7-5-14(6-8-23)18-20-12-27-22-18/h2-4,9,12,14-15H,5-8,10-11H2,1H3,(H,21,26). The first-order chi connectivity index (χ1) is 13.1. The molecule has 0 spiro atoms. The van der Waals surface area contributed by atoms with Gasteiger partial charge in [0.05, 0.1) is 6.04 Å². The van der Waals surface area contributed by atoms with Gasteiger partial charge in [0.2, 0.25) is 12.3 Å². The maximum absolute atomic E-state index is 12.6. The average molecular weight is 369 g/mol. The highest BCUT2D eigenvalue weighted by Gasteiger charge is 2.33. The van der Waals surface area contributed by atoms with Gasteiger partial charge in [-0.25, -0.2) is 4.79 Å². The largest absolute Gasteiger partial charge is 0.343 e. The monoisotopic (exact) mass is 369 g/mol. The zero-order valence-electron chi connectivity index (χ0n) is 15.3. The normalized spacial score (nSPS) is 20.9. The van der Waals surface area contributed by atoms with Gasteiger partial charge in [0.25, 0.3) is 0 Å². The lowest BCUT2D eigenvalue weighted by Gasteiger charge is -2.31. The highest BCUT2D eigenvalue weighted by atomic mass is 16.5. The maximum atomic E-state index is 12.6. The van der Waals surface area contributed by atoms with Crippen molar-refractivity contribution in [3.05, 3.63) is 42.0 Å². The number of benzene rings is 1. The summed E-state index contributed by atoms with van der Waals surface area (Å²) in [6, 6.07) is 7.59. The summed E-state index contributed by atoms with van der Waals surface area (Å²) < 4.78 is 4.80. The van der Waals surface area contributed by atoms with Crippen molar-refractivity contribution in [3.63, 3.8) is 0 Å². The van der Waals surface area contributed by atoms with E-state index >= 15 is 0 Å². The summed E-state index contributed by atoms with van der Waals surface area (Å²) in [5.74, 6) is 0.990. The number of rotatable bonds is 3. The molecule has 1 unspecified atom stereocenters. The molecule has 8 heteroatoms. The smallest absolute Gasteiger partial charge is 0.317 e. The summed E-state index contributed by atoms with van der Waals surface area (Å²) in [4.78, 5) is 32.6. The van der Waals surface area contributed by atoms with E-state index in [0.717, 1.165) is 24.1 Å². The predicted octanol–water partition coefficient (Wildman–Crippen LogP) is 2.07. The van der Waals surface area contributed by atoms with Crippen LogP contribution in [0.3, 0.4) is 0 Å². The molecular weight excluding hydrogens is 346 g/mol. The summed E-state index contributed by atoms with van der Waals surface area (Å²) >= 11 is 0. The van der Waals surface area contributed by atoms with Gasteiger partial charge in [0, 0.05) is 37.7 Å². The number of carbonyl (C=O) groups excluding carboxylic acids is 2. The van der Waals surface area contributed by atoms with E-state index in [4.69, 9.17) is 4.52 Å². The molecule has 3 amide bonds. The summed E-state index contributed by atoms with van der Waals surface area (Å²) in [7, 11) is 0. The Labute approximate surface area is 157 Å². The van der Waals surface area contributed by atoms with Crippen molar-refractivity contribution in [2.45, 2.75) is 38.1 Å². The quantitative estimate of drug-likeness (QED) is 0.894. The molecule has 8 nitrogen and oxygen atoms in total. The second-order valence-electron chi connectivity index (χ2n) is 7.24. The zero-order chi connectivity index (χ0) is 18.8. The molecule has 2 aromatic rings. The molecule has 1 aromatic carbocycles. The fourth-order valence-corrected chi connectivity index (χ4v) is 3.82. The van der Waals surface area contributed by atoms with Gasteiger partial charge in [-0.15, -0.1) is 0 Å². The van der Waals surface area contributed by atoms with Crippen molar-refractivity contribution in [2.75, 3.05) is 24.5 Å². The molecule has 0 radical (unpaired) electrons. The van der Waals surface area contributed by atoms with Crippen LogP contribution in [-0.4, -0.2) is 52.7 Å². The average Bonchev–Trinajstić information content (AvgIpc) is 3.32. The topological polar surface area (TPSA) is 91.6 Å². The Kier molecular flexibility index (Phi) is 4.79. The van der Waals surface area contributed by atoms with Gasteiger partial charge in [-0.2, -0.15) is 4.98 Å². The summed E-state index contributed by atoms with van der Waals surface area (Å²) in [5.41, 5.74) is 2.00. The van der Waals surface area contributed by atoms with E-state index < -0.39 is 0 Å². The van der Waals surface area contributed by atoms with Crippen molar-refractivity contribution in [2.24, 2.45) is 0 Å². The van der Waals surface area contributed by atoms with Crippen LogP contribution < -0.4 is 10.2 Å². The number of nitrogens with one attached hydrogen (secondary N) is 1. The summed E-state index contributed by atoms with van der Waals surface area (Å²) in [6.45, 7) is 3.80. The first-order valence-corrected chi connectivity index (χ1v) is 9.29. The fraction of sp³-hybridized carbons (Fsp3) is 0.474. The first-order valence-electron chi connectivity index (χ1n) is 9.29. The second kappa shape index (κ2) is 7.38. The Bertz CT molecular complexity index is 815. The van der Waals surface area contributed by atoms with Gasteiger partial charge in [0.1, 0.15) is 0 Å². The molecule has 1 aromatic heterocycles. The zero-order valence-corrected chi connectivity index (χ0v) is 15.3. The third kappa shape index (κ3) is 3.79. The number of carbonyl (C=O) groups is 2. The van der Waals surface area contributed by atoms with Crippen LogP contribution in [-0.2, 0) is 4.79 Å². The lowest BCUT2D eigenvalue weighted by atomic mass is 9.96. The van der Waals surface area contributed by atoms with E-state index in [-0.39, 0.29) is 23.9 Å². The molecule has 27 heavy (non-hydrogen) atoms. The first kappa shape index (κ1) is 17.5. The lowest BCUT2D eigenvalue weighted by Crippen LogP contribution is -2.48. The number of likely N-dealkylation sites (tertiary alicyclic amines) is 1. The lowest BCUT2D eigenvalue weighted by molar-refractivity contribution is -0.117. The number of aromatic nitrogens is 2. The van der Waals surface area contributed by atoms with Gasteiger partial charge >= 0.3 is 6.03 Å². The Hall–Kier alpha value is -2.90. The Balaban J connectivity index is 1.31. The van der Waals surface area contributed by atoms with Crippen LogP contribution in [0.1, 0.15) is 36.6 Å². The molecule has 1 atom stereocenters. The predicted molar refractivity (Wildman–Crippen MR) is 98.3 cm³/mol. The van der Waals surface area contributed by atoms with E-state index in [1.54, 1.807) is 9.80 Å². The second-order valence-corrected chi connectivity index (χ2v) is 7.24. The van der Waals surface area contributed by atoms with Gasteiger partial charge in [-0.1, -0.05) is 17.3 Å². The number of piperidine rings is 1. The van der Waals surface area contributed by atoms with Crippen LogP contribution in [0.4, 0.5) is 10.5 Å². The van der Waals surface area contributed by atoms with Crippen molar-refractivity contribution in [1.29, 1.82) is 0 Å². The van der Waals surface area contributed by atoms with Gasteiger partial charge in [-0.3, -0.25) is 4.79 Å². The van der Waals surface area contributed by atoms with Crippen LogP contribution in [0.2, 0.25) is 0 Å². The molecule has 142 valence electrons. The van der Waals surface area contributed by atoms with Crippen molar-refractivity contribution in [3.8, 4) is 0 Å². The van der Waals surface area contributed by atoms with Crippen LogP contribution in [0.5, 0.6) is 0 Å². The van der Waals surface area contributed by atoms with E-state index in [1.807, 2.05) is 31.2 Å². The third-order valence-electron chi connectivity index (χ3n) is 5.29. The molecule has 1 N–H and O–H groups in total. The van der Waals surface area contributed by atoms with Gasteiger partial charge in [0.15, 0.2) is 5.82 Å². The Morgan fingerprint density at radius 2 is 2.11 bits per heavy atom. The minimum Gasteiger partial charge on any atom is -0.343 e. The van der Waals surface area contributed by atoms with E-state index in [2.05, 4.69) is 15.5 Å². The van der Waals surface area contributed by atoms with E-state index in [0.29, 0.717) is 31.9 Å². The highest BCUT2D eigenvalue weighted by molar-refractivity contribution is 5.96. The molecular formula is C19H23N5O3. The molecule has 3 heterocycles. The van der Waals surface area contributed by atoms with Crippen molar-refractivity contribution >= 4 is 17.6 Å². The number of amides is 3. The van der Waals surface area contributed by atoms with E-state index in [9.17, 15) is 9.59 Å². The summed E-state index contributed by atoms with van der Waals surface area (Å²) in [6.07, 6.45) is 3.29. The van der Waals surface area contributed by atoms with Crippen LogP contribution in [0, 0.1) is 6.92 Å². The molecule has 2 saturated heterocycles. The highest BCUT2D eigenvalue weighted by Crippen LogP contribution is 2.26. The number of aryl methyl sites for hydroxylation is 1. The number of nitrogens with zero attached hydrogens (tertiary/aromatic N) is 4. The summed E-state index contributed by atoms with van der Waals surface area (Å²) in [5, 5.41) is 6.91. The minimum absolute atomic E-state index is 0.0433. The molecule has 2 aliphatic heterocycles. The molecule has 0 bridgehead atoms. The van der Waals surface area contributed by atoms with Crippen molar-refractivity contribution < 1.29 is 14.1 Å². The molecule has 0 saturated carbocycles. The fourth-order valence-electron chi connectivity index (χ4n) is 3.82. The molecule has 0 aliphatic carbocycles. The van der Waals surface area contributed by atoms with Crippen LogP contribution >= 0.6 is 0 Å².